The number of hydrogen-bond donors (Lipinski definition) is 3. The molecular weight excluding hydrogens is 261 g/mol. The van der Waals surface area contributed by atoms with Crippen LogP contribution in [0.5, 0.6) is 0 Å². The summed E-state index contributed by atoms with van der Waals surface area (Å²) >= 11 is 0. The first-order valence-electron chi connectivity index (χ1n) is 6.27. The van der Waals surface area contributed by atoms with Gasteiger partial charge >= 0.3 is 5.97 Å². The van der Waals surface area contributed by atoms with Crippen LogP contribution in [0.4, 0.5) is 10.1 Å². The van der Waals surface area contributed by atoms with Crippen LogP contribution in [-0.4, -0.2) is 28.3 Å². The third-order valence-corrected chi connectivity index (χ3v) is 2.64. The van der Waals surface area contributed by atoms with Crippen LogP contribution in [-0.2, 0) is 4.79 Å². The second-order valence-electron chi connectivity index (χ2n) is 4.88. The summed E-state index contributed by atoms with van der Waals surface area (Å²) in [6, 6.07) is 4.31. The maximum absolute atomic E-state index is 13.8. The van der Waals surface area contributed by atoms with Gasteiger partial charge in [0.2, 0.25) is 0 Å². The van der Waals surface area contributed by atoms with Gasteiger partial charge in [-0.3, -0.25) is 0 Å². The number of aliphatic carboxylic acids is 1. The normalized spacial score (nSPS) is 10.6. The molecule has 108 valence electrons. The smallest absolute Gasteiger partial charge is 0.328 e. The highest BCUT2D eigenvalue weighted by molar-refractivity contribution is 5.81. The van der Waals surface area contributed by atoms with Gasteiger partial charge in [-0.2, -0.15) is 0 Å². The molecule has 0 unspecified atom stereocenters. The number of carboxylic acids is 1. The first-order chi connectivity index (χ1) is 9.36. The molecule has 5 heteroatoms. The largest absolute Gasteiger partial charge is 0.480 e. The number of hydrogen-bond acceptors (Lipinski definition) is 3. The minimum atomic E-state index is -1.18. The van der Waals surface area contributed by atoms with E-state index < -0.39 is 17.3 Å². The fraction of sp³-hybridized carbons (Fsp3) is 0.400. The number of halogens is 1. The molecule has 1 aromatic carbocycles. The summed E-state index contributed by atoms with van der Waals surface area (Å²) < 4.78 is 13.8. The molecule has 0 atom stereocenters. The zero-order chi connectivity index (χ0) is 15.2. The minimum Gasteiger partial charge on any atom is -0.480 e. The Morgan fingerprint density at radius 2 is 2.15 bits per heavy atom. The second kappa shape index (κ2) is 6.92. The number of rotatable bonds is 5. The lowest BCUT2D eigenvalue weighted by molar-refractivity contribution is -0.141. The van der Waals surface area contributed by atoms with Crippen molar-refractivity contribution in [1.29, 1.82) is 0 Å². The van der Waals surface area contributed by atoms with Crippen LogP contribution < -0.4 is 5.32 Å². The highest BCUT2D eigenvalue weighted by atomic mass is 19.1. The number of carbonyl (C=O) groups is 1. The monoisotopic (exact) mass is 279 g/mol. The van der Waals surface area contributed by atoms with Gasteiger partial charge in [-0.25, -0.2) is 9.18 Å². The standard InChI is InChI=1S/C15H18FNO3/c1-15(2,14(19)20)17-12-8-7-11(13(16)10-12)6-4-3-5-9-18/h7-8,10,17-18H,3,5,9H2,1-2H3,(H,19,20). The van der Waals surface area contributed by atoms with Crippen LogP contribution in [0.15, 0.2) is 18.2 Å². The van der Waals surface area contributed by atoms with Crippen molar-refractivity contribution in [2.24, 2.45) is 0 Å². The summed E-state index contributed by atoms with van der Waals surface area (Å²) in [5.41, 5.74) is -0.543. The van der Waals surface area contributed by atoms with Gasteiger partial charge in [0.25, 0.3) is 0 Å². The number of aliphatic hydroxyl groups excluding tert-OH is 1. The van der Waals surface area contributed by atoms with Crippen molar-refractivity contribution in [3.8, 4) is 11.8 Å². The van der Waals surface area contributed by atoms with Crippen molar-refractivity contribution in [1.82, 2.24) is 0 Å². The average Bonchev–Trinajstić information content (AvgIpc) is 2.36. The minimum absolute atomic E-state index is 0.0598. The van der Waals surface area contributed by atoms with Crippen molar-refractivity contribution in [2.45, 2.75) is 32.2 Å². The zero-order valence-corrected chi connectivity index (χ0v) is 11.5. The number of unbranched alkanes of at least 4 members (excludes halogenated alkanes) is 1. The molecule has 0 saturated heterocycles. The van der Waals surface area contributed by atoms with Crippen LogP contribution in [0, 0.1) is 17.7 Å². The molecule has 3 N–H and O–H groups in total. The molecule has 0 aliphatic heterocycles. The van der Waals surface area contributed by atoms with E-state index in [1.807, 2.05) is 0 Å². The molecule has 0 fully saturated rings. The Labute approximate surface area is 117 Å². The van der Waals surface area contributed by atoms with E-state index in [4.69, 9.17) is 10.2 Å². The first kappa shape index (κ1) is 16.0. The number of benzene rings is 1. The molecule has 20 heavy (non-hydrogen) atoms. The Balaban J connectivity index is 2.82. The summed E-state index contributed by atoms with van der Waals surface area (Å²) in [5.74, 6) is 3.92. The maximum atomic E-state index is 13.8. The van der Waals surface area contributed by atoms with Gasteiger partial charge in [0.15, 0.2) is 0 Å². The summed E-state index contributed by atoms with van der Waals surface area (Å²) in [6.45, 7) is 3.05. The lowest BCUT2D eigenvalue weighted by atomic mass is 10.1. The van der Waals surface area contributed by atoms with Crippen molar-refractivity contribution in [3.05, 3.63) is 29.6 Å². The van der Waals surface area contributed by atoms with Gasteiger partial charge in [0, 0.05) is 18.7 Å². The fourth-order valence-electron chi connectivity index (χ4n) is 1.43. The second-order valence-corrected chi connectivity index (χ2v) is 4.88. The lowest BCUT2D eigenvalue weighted by Gasteiger charge is -2.22. The van der Waals surface area contributed by atoms with Crippen molar-refractivity contribution in [3.63, 3.8) is 0 Å². The van der Waals surface area contributed by atoms with E-state index in [0.717, 1.165) is 0 Å². The van der Waals surface area contributed by atoms with E-state index in [-0.39, 0.29) is 12.2 Å². The molecule has 1 rings (SSSR count). The van der Waals surface area contributed by atoms with E-state index in [1.165, 1.54) is 26.0 Å². The fourth-order valence-corrected chi connectivity index (χ4v) is 1.43. The molecule has 0 bridgehead atoms. The van der Waals surface area contributed by atoms with Crippen molar-refractivity contribution in [2.75, 3.05) is 11.9 Å². The van der Waals surface area contributed by atoms with Gasteiger partial charge in [-0.15, -0.1) is 0 Å². The highest BCUT2D eigenvalue weighted by Gasteiger charge is 2.26. The lowest BCUT2D eigenvalue weighted by Crippen LogP contribution is -2.39. The molecule has 0 spiro atoms. The number of carboxylic acid groups (broad SMARTS) is 1. The Bertz CT molecular complexity index is 544. The van der Waals surface area contributed by atoms with E-state index >= 15 is 0 Å². The predicted molar refractivity (Wildman–Crippen MR) is 74.9 cm³/mol. The Hall–Kier alpha value is -2.06. The molecular formula is C15H18FNO3. The maximum Gasteiger partial charge on any atom is 0.328 e. The molecule has 0 heterocycles. The van der Waals surface area contributed by atoms with Crippen molar-refractivity contribution >= 4 is 11.7 Å². The van der Waals surface area contributed by atoms with Crippen LogP contribution in [0.2, 0.25) is 0 Å². The summed E-state index contributed by atoms with van der Waals surface area (Å²) in [5, 5.41) is 20.3. The average molecular weight is 279 g/mol. The number of nitrogens with one attached hydrogen (secondary N) is 1. The predicted octanol–water partition coefficient (Wildman–Crippen LogP) is 2.22. The Morgan fingerprint density at radius 1 is 1.45 bits per heavy atom. The van der Waals surface area contributed by atoms with Gasteiger partial charge in [-0.1, -0.05) is 11.8 Å². The third-order valence-electron chi connectivity index (χ3n) is 2.64. The zero-order valence-electron chi connectivity index (χ0n) is 11.5. The summed E-state index contributed by atoms with van der Waals surface area (Å²) in [7, 11) is 0. The van der Waals surface area contributed by atoms with Gasteiger partial charge in [-0.05, 0) is 38.5 Å². The van der Waals surface area contributed by atoms with Gasteiger partial charge < -0.3 is 15.5 Å². The van der Waals surface area contributed by atoms with Crippen molar-refractivity contribution < 1.29 is 19.4 Å². The summed E-state index contributed by atoms with van der Waals surface area (Å²) in [4.78, 5) is 11.0. The summed E-state index contributed by atoms with van der Waals surface area (Å²) in [6.07, 6.45) is 1.06. The topological polar surface area (TPSA) is 69.6 Å². The quantitative estimate of drug-likeness (QED) is 0.571. The van der Waals surface area contributed by atoms with E-state index in [1.54, 1.807) is 6.07 Å². The van der Waals surface area contributed by atoms with Gasteiger partial charge in [0.1, 0.15) is 11.4 Å². The molecule has 0 aromatic heterocycles. The van der Waals surface area contributed by atoms with Crippen LogP contribution in [0.3, 0.4) is 0 Å². The molecule has 4 nitrogen and oxygen atoms in total. The molecule has 1 aromatic rings. The number of aliphatic hydroxyl groups is 1. The van der Waals surface area contributed by atoms with Crippen LogP contribution in [0.25, 0.3) is 0 Å². The SMILES string of the molecule is CC(C)(Nc1ccc(C#CCCCO)c(F)c1)C(=O)O. The van der Waals surface area contributed by atoms with E-state index in [0.29, 0.717) is 18.5 Å². The Kier molecular flexibility index (Phi) is 5.53. The molecule has 0 amide bonds. The third kappa shape index (κ3) is 4.56. The molecule has 0 radical (unpaired) electrons. The number of anilines is 1. The molecule has 0 saturated carbocycles. The van der Waals surface area contributed by atoms with Gasteiger partial charge in [0.05, 0.1) is 5.56 Å². The Morgan fingerprint density at radius 3 is 2.70 bits per heavy atom. The molecule has 0 aliphatic carbocycles. The van der Waals surface area contributed by atoms with E-state index in [2.05, 4.69) is 17.2 Å². The first-order valence-corrected chi connectivity index (χ1v) is 6.27. The molecule has 0 aliphatic rings. The highest BCUT2D eigenvalue weighted by Crippen LogP contribution is 2.18. The van der Waals surface area contributed by atoms with E-state index in [9.17, 15) is 9.18 Å². The van der Waals surface area contributed by atoms with Crippen LogP contribution in [0.1, 0.15) is 32.3 Å². The van der Waals surface area contributed by atoms with Crippen LogP contribution >= 0.6 is 0 Å².